The van der Waals surface area contributed by atoms with Gasteiger partial charge in [-0.15, -0.1) is 11.8 Å². The van der Waals surface area contributed by atoms with Crippen LogP contribution in [0.3, 0.4) is 0 Å². The second kappa shape index (κ2) is 5.71. The number of hydrogen-bond donors (Lipinski definition) is 0. The van der Waals surface area contributed by atoms with Crippen LogP contribution in [0.2, 0.25) is 18.1 Å². The summed E-state index contributed by atoms with van der Waals surface area (Å²) in [6.45, 7) is 11.2. The normalized spacial score (nSPS) is 12.8. The topological polar surface area (TPSA) is 22.1 Å². The molecule has 0 amide bonds. The third kappa shape index (κ3) is 3.55. The highest BCUT2D eigenvalue weighted by Gasteiger charge is 2.37. The Morgan fingerprint density at radius 2 is 2.00 bits per heavy atom. The molecule has 0 spiro atoms. The van der Waals surface area contributed by atoms with E-state index in [0.717, 1.165) is 0 Å². The SMILES string of the molecule is CSc1nccc(CO[Si](C)(C)C(C)(C)C)c1F. The molecule has 0 N–H and O–H groups in total. The van der Waals surface area contributed by atoms with Crippen LogP contribution < -0.4 is 0 Å². The lowest BCUT2D eigenvalue weighted by Gasteiger charge is -2.36. The van der Waals surface area contributed by atoms with Crippen LogP contribution in [0, 0.1) is 5.82 Å². The molecular weight excluding hydrogens is 265 g/mol. The van der Waals surface area contributed by atoms with Crippen LogP contribution in [0.5, 0.6) is 0 Å². The fourth-order valence-corrected chi connectivity index (χ4v) is 2.62. The zero-order valence-corrected chi connectivity index (χ0v) is 13.8. The Kier molecular flexibility index (Phi) is 4.97. The van der Waals surface area contributed by atoms with Gasteiger partial charge in [-0.2, -0.15) is 0 Å². The summed E-state index contributed by atoms with van der Waals surface area (Å²) in [4.78, 5) is 3.99. The van der Waals surface area contributed by atoms with E-state index in [-0.39, 0.29) is 10.9 Å². The van der Waals surface area contributed by atoms with Gasteiger partial charge in [-0.3, -0.25) is 0 Å². The van der Waals surface area contributed by atoms with Crippen LogP contribution in [-0.4, -0.2) is 19.6 Å². The summed E-state index contributed by atoms with van der Waals surface area (Å²) >= 11 is 1.32. The number of hydrogen-bond acceptors (Lipinski definition) is 3. The summed E-state index contributed by atoms with van der Waals surface area (Å²) in [5, 5.41) is 0.574. The van der Waals surface area contributed by atoms with E-state index in [2.05, 4.69) is 38.8 Å². The van der Waals surface area contributed by atoms with Gasteiger partial charge in [-0.25, -0.2) is 9.37 Å². The van der Waals surface area contributed by atoms with Crippen molar-refractivity contribution in [2.75, 3.05) is 6.26 Å². The molecule has 0 unspecified atom stereocenters. The van der Waals surface area contributed by atoms with Gasteiger partial charge in [0.1, 0.15) is 5.03 Å². The lowest BCUT2D eigenvalue weighted by atomic mass is 10.2. The van der Waals surface area contributed by atoms with Crippen molar-refractivity contribution in [1.82, 2.24) is 4.98 Å². The smallest absolute Gasteiger partial charge is 0.192 e. The predicted octanol–water partition coefficient (Wildman–Crippen LogP) is 4.46. The van der Waals surface area contributed by atoms with Crippen molar-refractivity contribution < 1.29 is 8.82 Å². The minimum atomic E-state index is -1.83. The Bertz CT molecular complexity index is 418. The lowest BCUT2D eigenvalue weighted by Crippen LogP contribution is -2.40. The number of halogens is 1. The van der Waals surface area contributed by atoms with E-state index in [1.165, 1.54) is 11.8 Å². The fourth-order valence-electron chi connectivity index (χ4n) is 1.19. The van der Waals surface area contributed by atoms with Crippen LogP contribution in [0.4, 0.5) is 4.39 Å². The Morgan fingerprint density at radius 3 is 2.50 bits per heavy atom. The van der Waals surface area contributed by atoms with Crippen LogP contribution in [0.1, 0.15) is 26.3 Å². The molecule has 1 rings (SSSR count). The van der Waals surface area contributed by atoms with Gasteiger partial charge in [0, 0.05) is 11.8 Å². The summed E-state index contributed by atoms with van der Waals surface area (Å²) in [5.74, 6) is -0.247. The third-order valence-electron chi connectivity index (χ3n) is 3.53. The maximum absolute atomic E-state index is 14.0. The van der Waals surface area contributed by atoms with Crippen molar-refractivity contribution in [2.45, 2.75) is 50.5 Å². The van der Waals surface area contributed by atoms with Crippen molar-refractivity contribution in [3.05, 3.63) is 23.6 Å². The highest BCUT2D eigenvalue weighted by Crippen LogP contribution is 2.37. The molecule has 0 aliphatic rings. The highest BCUT2D eigenvalue weighted by molar-refractivity contribution is 7.98. The van der Waals surface area contributed by atoms with E-state index in [0.29, 0.717) is 17.2 Å². The minimum absolute atomic E-state index is 0.138. The first-order valence-corrected chi connectivity index (χ1v) is 10.1. The second-order valence-electron chi connectivity index (χ2n) is 5.84. The molecule has 0 saturated carbocycles. The molecule has 18 heavy (non-hydrogen) atoms. The predicted molar refractivity (Wildman–Crippen MR) is 78.0 cm³/mol. The number of aromatic nitrogens is 1. The summed E-state index contributed by atoms with van der Waals surface area (Å²) in [7, 11) is -1.83. The lowest BCUT2D eigenvalue weighted by molar-refractivity contribution is 0.270. The monoisotopic (exact) mass is 287 g/mol. The number of thioether (sulfide) groups is 1. The molecule has 102 valence electrons. The van der Waals surface area contributed by atoms with E-state index < -0.39 is 8.32 Å². The van der Waals surface area contributed by atoms with E-state index in [1.54, 1.807) is 12.3 Å². The third-order valence-corrected chi connectivity index (χ3v) is 8.67. The minimum Gasteiger partial charge on any atom is -0.412 e. The van der Waals surface area contributed by atoms with Gasteiger partial charge in [-0.1, -0.05) is 20.8 Å². The molecule has 1 heterocycles. The van der Waals surface area contributed by atoms with Gasteiger partial charge in [0.25, 0.3) is 0 Å². The zero-order chi connectivity index (χ0) is 14.0. The molecular formula is C13H22FNOSSi. The molecule has 5 heteroatoms. The van der Waals surface area contributed by atoms with Crippen LogP contribution in [0.25, 0.3) is 0 Å². The van der Waals surface area contributed by atoms with Crippen molar-refractivity contribution in [2.24, 2.45) is 0 Å². The van der Waals surface area contributed by atoms with E-state index >= 15 is 0 Å². The molecule has 0 radical (unpaired) electrons. The Balaban J connectivity index is 2.82. The summed E-state index contributed by atoms with van der Waals surface area (Å²) in [6, 6.07) is 1.70. The Morgan fingerprint density at radius 1 is 1.39 bits per heavy atom. The number of rotatable bonds is 4. The molecule has 0 fully saturated rings. The largest absolute Gasteiger partial charge is 0.412 e. The van der Waals surface area contributed by atoms with Gasteiger partial charge in [-0.05, 0) is 30.5 Å². The number of nitrogens with zero attached hydrogens (tertiary/aromatic N) is 1. The summed E-state index contributed by atoms with van der Waals surface area (Å²) in [6.07, 6.45) is 3.46. The molecule has 0 aromatic carbocycles. The van der Waals surface area contributed by atoms with Gasteiger partial charge >= 0.3 is 0 Å². The molecule has 0 bridgehead atoms. The first kappa shape index (κ1) is 15.7. The van der Waals surface area contributed by atoms with Crippen LogP contribution in [-0.2, 0) is 11.0 Å². The maximum atomic E-state index is 14.0. The standard InChI is InChI=1S/C13H22FNOSSi/c1-13(2,3)18(5,6)16-9-10-7-8-15-12(17-4)11(10)14/h7-8H,9H2,1-6H3. The average Bonchev–Trinajstić information content (AvgIpc) is 2.26. The van der Waals surface area contributed by atoms with Gasteiger partial charge in [0.2, 0.25) is 0 Å². The summed E-state index contributed by atoms with van der Waals surface area (Å²) in [5.41, 5.74) is 0.596. The van der Waals surface area contributed by atoms with Crippen molar-refractivity contribution in [1.29, 1.82) is 0 Å². The van der Waals surface area contributed by atoms with E-state index in [9.17, 15) is 4.39 Å². The quantitative estimate of drug-likeness (QED) is 0.603. The Hall–Kier alpha value is -0.393. The van der Waals surface area contributed by atoms with Gasteiger partial charge < -0.3 is 4.43 Å². The first-order chi connectivity index (χ1) is 8.19. The first-order valence-electron chi connectivity index (χ1n) is 6.00. The average molecular weight is 287 g/mol. The molecule has 0 atom stereocenters. The fraction of sp³-hybridized carbons (Fsp3) is 0.615. The summed E-state index contributed by atoms with van der Waals surface area (Å²) < 4.78 is 20.0. The van der Waals surface area contributed by atoms with Crippen molar-refractivity contribution in [3.63, 3.8) is 0 Å². The second-order valence-corrected chi connectivity index (χ2v) is 11.4. The van der Waals surface area contributed by atoms with E-state index in [4.69, 9.17) is 4.43 Å². The molecule has 2 nitrogen and oxygen atoms in total. The molecule has 0 saturated heterocycles. The van der Waals surface area contributed by atoms with E-state index in [1.807, 2.05) is 6.26 Å². The van der Waals surface area contributed by atoms with Crippen LogP contribution in [0.15, 0.2) is 17.3 Å². The van der Waals surface area contributed by atoms with Gasteiger partial charge in [0.15, 0.2) is 14.1 Å². The molecule has 1 aromatic rings. The van der Waals surface area contributed by atoms with Gasteiger partial charge in [0.05, 0.1) is 6.61 Å². The van der Waals surface area contributed by atoms with Crippen LogP contribution >= 0.6 is 11.8 Å². The molecule has 0 aliphatic heterocycles. The highest BCUT2D eigenvalue weighted by atomic mass is 32.2. The van der Waals surface area contributed by atoms with Crippen molar-refractivity contribution >= 4 is 20.1 Å². The number of pyridine rings is 1. The molecule has 0 aliphatic carbocycles. The Labute approximate surface area is 114 Å². The van der Waals surface area contributed by atoms with Crippen molar-refractivity contribution in [3.8, 4) is 0 Å². The zero-order valence-electron chi connectivity index (χ0n) is 12.0. The maximum Gasteiger partial charge on any atom is 0.192 e. The molecule has 1 aromatic heterocycles.